The molecule has 68 valence electrons. The van der Waals surface area contributed by atoms with Gasteiger partial charge in [0.15, 0.2) is 0 Å². The summed E-state index contributed by atoms with van der Waals surface area (Å²) >= 11 is 0. The number of nitrogens with zero attached hydrogens (tertiary/aromatic N) is 1. The van der Waals surface area contributed by atoms with Crippen molar-refractivity contribution in [2.24, 2.45) is 5.16 Å². The predicted molar refractivity (Wildman–Crippen MR) is 49.5 cm³/mol. The summed E-state index contributed by atoms with van der Waals surface area (Å²) in [5, 5.41) is 11.7. The van der Waals surface area contributed by atoms with Gasteiger partial charge in [-0.1, -0.05) is 23.4 Å². The van der Waals surface area contributed by atoms with E-state index in [2.05, 4.69) is 5.16 Å². The van der Waals surface area contributed by atoms with Crippen LogP contribution in [-0.2, 0) is 6.42 Å². The molecule has 0 saturated heterocycles. The van der Waals surface area contributed by atoms with Gasteiger partial charge in [0.1, 0.15) is 11.9 Å². The van der Waals surface area contributed by atoms with E-state index < -0.39 is 0 Å². The van der Waals surface area contributed by atoms with Gasteiger partial charge >= 0.3 is 0 Å². The van der Waals surface area contributed by atoms with Gasteiger partial charge in [-0.15, -0.1) is 0 Å². The van der Waals surface area contributed by atoms with Gasteiger partial charge in [0, 0.05) is 6.42 Å². The molecule has 1 aliphatic rings. The number of benzene rings is 1. The zero-order valence-corrected chi connectivity index (χ0v) is 7.40. The summed E-state index contributed by atoms with van der Waals surface area (Å²) in [7, 11) is 0. The summed E-state index contributed by atoms with van der Waals surface area (Å²) in [5.74, 6) is 0.899. The van der Waals surface area contributed by atoms with Gasteiger partial charge in [-0.2, -0.15) is 0 Å². The molecule has 0 spiro atoms. The molecule has 2 rings (SSSR count). The molecule has 1 unspecified atom stereocenters. The molecule has 13 heavy (non-hydrogen) atoms. The molecule has 1 N–H and O–H groups in total. The summed E-state index contributed by atoms with van der Waals surface area (Å²) in [4.78, 5) is 0. The lowest BCUT2D eigenvalue weighted by molar-refractivity contribution is 0.275. The second-order valence-electron chi connectivity index (χ2n) is 3.16. The van der Waals surface area contributed by atoms with Gasteiger partial charge in [0.25, 0.3) is 0 Å². The van der Waals surface area contributed by atoms with Crippen LogP contribution in [0.3, 0.4) is 0 Å². The molecule has 0 bridgehead atoms. The zero-order valence-electron chi connectivity index (χ0n) is 7.40. The molecule has 0 saturated carbocycles. The lowest BCUT2D eigenvalue weighted by atomic mass is 10.1. The van der Waals surface area contributed by atoms with Crippen LogP contribution < -0.4 is 4.74 Å². The third kappa shape index (κ3) is 1.37. The first-order chi connectivity index (χ1) is 6.31. The van der Waals surface area contributed by atoms with Crippen molar-refractivity contribution in [3.8, 4) is 5.75 Å². The van der Waals surface area contributed by atoms with Gasteiger partial charge in [0.05, 0.1) is 5.71 Å². The van der Waals surface area contributed by atoms with Crippen LogP contribution in [0.15, 0.2) is 29.4 Å². The normalized spacial score (nSPS) is 21.0. The van der Waals surface area contributed by atoms with E-state index in [9.17, 15) is 0 Å². The molecule has 1 aliphatic heterocycles. The van der Waals surface area contributed by atoms with Crippen molar-refractivity contribution in [3.63, 3.8) is 0 Å². The molecule has 1 aromatic carbocycles. The van der Waals surface area contributed by atoms with Crippen LogP contribution in [0, 0.1) is 0 Å². The van der Waals surface area contributed by atoms with Crippen molar-refractivity contribution < 1.29 is 9.94 Å². The van der Waals surface area contributed by atoms with Crippen molar-refractivity contribution in [1.82, 2.24) is 0 Å². The molecule has 1 aromatic rings. The first-order valence-corrected chi connectivity index (χ1v) is 4.24. The van der Waals surface area contributed by atoms with Crippen molar-refractivity contribution in [1.29, 1.82) is 0 Å². The van der Waals surface area contributed by atoms with Crippen LogP contribution in [0.25, 0.3) is 0 Å². The third-order valence-corrected chi connectivity index (χ3v) is 2.27. The minimum absolute atomic E-state index is 0.0950. The topological polar surface area (TPSA) is 41.8 Å². The van der Waals surface area contributed by atoms with E-state index in [1.165, 1.54) is 5.56 Å². The fourth-order valence-electron chi connectivity index (χ4n) is 1.48. The van der Waals surface area contributed by atoms with Crippen LogP contribution >= 0.6 is 0 Å². The molecule has 1 atom stereocenters. The predicted octanol–water partition coefficient (Wildman–Crippen LogP) is 1.84. The summed E-state index contributed by atoms with van der Waals surface area (Å²) in [6.07, 6.45) is 0.703. The van der Waals surface area contributed by atoms with E-state index in [-0.39, 0.29) is 6.10 Å². The molecule has 3 nitrogen and oxygen atoms in total. The fourth-order valence-corrected chi connectivity index (χ4v) is 1.48. The average molecular weight is 177 g/mol. The highest BCUT2D eigenvalue weighted by Gasteiger charge is 2.24. The van der Waals surface area contributed by atoms with Crippen LogP contribution in [-0.4, -0.2) is 17.0 Å². The highest BCUT2D eigenvalue weighted by atomic mass is 16.5. The Morgan fingerprint density at radius 1 is 1.54 bits per heavy atom. The highest BCUT2D eigenvalue weighted by Crippen LogP contribution is 2.28. The SMILES string of the molecule is CC(=NO)C1Cc2ccccc2O1. The van der Waals surface area contributed by atoms with Gasteiger partial charge in [-0.3, -0.25) is 0 Å². The van der Waals surface area contributed by atoms with Crippen LogP contribution in [0.4, 0.5) is 0 Å². The molecule has 3 heteroatoms. The van der Waals surface area contributed by atoms with Gasteiger partial charge in [-0.05, 0) is 18.6 Å². The van der Waals surface area contributed by atoms with E-state index in [0.717, 1.165) is 12.2 Å². The van der Waals surface area contributed by atoms with Crippen LogP contribution in [0.5, 0.6) is 5.75 Å². The summed E-state index contributed by atoms with van der Waals surface area (Å²) < 4.78 is 5.57. The van der Waals surface area contributed by atoms with Crippen molar-refractivity contribution >= 4 is 5.71 Å². The first-order valence-electron chi connectivity index (χ1n) is 4.24. The van der Waals surface area contributed by atoms with Gasteiger partial charge in [0.2, 0.25) is 0 Å². The molecule has 0 fully saturated rings. The maximum atomic E-state index is 8.58. The molecule has 1 heterocycles. The quantitative estimate of drug-likeness (QED) is 0.404. The largest absolute Gasteiger partial charge is 0.484 e. The number of fused-ring (bicyclic) bond motifs is 1. The Morgan fingerprint density at radius 2 is 2.31 bits per heavy atom. The fraction of sp³-hybridized carbons (Fsp3) is 0.300. The second-order valence-corrected chi connectivity index (χ2v) is 3.16. The monoisotopic (exact) mass is 177 g/mol. The number of oxime groups is 1. The van der Waals surface area contributed by atoms with Crippen LogP contribution in [0.1, 0.15) is 12.5 Å². The second kappa shape index (κ2) is 3.09. The van der Waals surface area contributed by atoms with Crippen LogP contribution in [0.2, 0.25) is 0 Å². The molecule has 0 aromatic heterocycles. The van der Waals surface area contributed by atoms with Crippen molar-refractivity contribution in [2.45, 2.75) is 19.4 Å². The van der Waals surface area contributed by atoms with Crippen molar-refractivity contribution in [2.75, 3.05) is 0 Å². The molecule has 0 radical (unpaired) electrons. The van der Waals surface area contributed by atoms with Gasteiger partial charge in [-0.25, -0.2) is 0 Å². The van der Waals surface area contributed by atoms with E-state index in [0.29, 0.717) is 5.71 Å². The Balaban J connectivity index is 2.23. The number of ether oxygens (including phenoxy) is 1. The highest BCUT2D eigenvalue weighted by molar-refractivity contribution is 5.87. The Hall–Kier alpha value is -1.51. The summed E-state index contributed by atoms with van der Waals surface area (Å²) in [5.41, 5.74) is 1.80. The maximum Gasteiger partial charge on any atom is 0.144 e. The standard InChI is InChI=1S/C10H11NO2/c1-7(11-12)10-6-8-4-2-3-5-9(8)13-10/h2-5,10,12H,6H2,1H3. The number of para-hydroxylation sites is 1. The average Bonchev–Trinajstić information content (AvgIpc) is 2.59. The van der Waals surface area contributed by atoms with Gasteiger partial charge < -0.3 is 9.94 Å². The van der Waals surface area contributed by atoms with E-state index in [1.54, 1.807) is 6.92 Å². The molecular weight excluding hydrogens is 166 g/mol. The van der Waals surface area contributed by atoms with Crippen molar-refractivity contribution in [3.05, 3.63) is 29.8 Å². The Labute approximate surface area is 76.6 Å². The summed E-state index contributed by atoms with van der Waals surface area (Å²) in [6, 6.07) is 7.88. The third-order valence-electron chi connectivity index (χ3n) is 2.27. The lowest BCUT2D eigenvalue weighted by Crippen LogP contribution is -2.22. The minimum atomic E-state index is -0.0950. The first kappa shape index (κ1) is 8.10. The molecule has 0 amide bonds. The number of hydrogen-bond acceptors (Lipinski definition) is 3. The van der Waals surface area contributed by atoms with E-state index in [4.69, 9.17) is 9.94 Å². The number of rotatable bonds is 1. The smallest absolute Gasteiger partial charge is 0.144 e. The summed E-state index contributed by atoms with van der Waals surface area (Å²) in [6.45, 7) is 1.76. The Morgan fingerprint density at radius 3 is 3.00 bits per heavy atom. The maximum absolute atomic E-state index is 8.58. The molecule has 0 aliphatic carbocycles. The molecular formula is C10H11NO2. The lowest BCUT2D eigenvalue weighted by Gasteiger charge is -2.07. The zero-order chi connectivity index (χ0) is 9.26. The Bertz CT molecular complexity index is 322. The van der Waals surface area contributed by atoms with E-state index in [1.807, 2.05) is 24.3 Å². The van der Waals surface area contributed by atoms with E-state index >= 15 is 0 Å². The number of hydrogen-bond donors (Lipinski definition) is 1. The Kier molecular flexibility index (Phi) is 1.93. The minimum Gasteiger partial charge on any atom is -0.484 e.